The van der Waals surface area contributed by atoms with Crippen molar-refractivity contribution >= 4 is 5.97 Å². The predicted octanol–water partition coefficient (Wildman–Crippen LogP) is 2.29. The maximum atomic E-state index is 9.27. The van der Waals surface area contributed by atoms with Gasteiger partial charge in [0.05, 0.1) is 6.08 Å². The molecule has 0 spiro atoms. The Morgan fingerprint density at radius 2 is 2.36 bits per heavy atom. The topological polar surface area (TPSA) is 30.6 Å². The lowest BCUT2D eigenvalue weighted by Gasteiger charge is -2.13. The second-order valence-electron chi connectivity index (χ2n) is 4.19. The van der Waals surface area contributed by atoms with Crippen molar-refractivity contribution in [2.24, 2.45) is 17.8 Å². The highest BCUT2D eigenvalue weighted by Gasteiger charge is 2.37. The van der Waals surface area contributed by atoms with E-state index in [1.807, 2.05) is 6.92 Å². The van der Waals surface area contributed by atoms with Gasteiger partial charge in [0.1, 0.15) is 0 Å². The van der Waals surface area contributed by atoms with Gasteiger partial charge in [-0.1, -0.05) is 18.2 Å². The third kappa shape index (κ3) is 1.89. The molecule has 2 bridgehead atoms. The van der Waals surface area contributed by atoms with Crippen LogP contribution in [0.2, 0.25) is 0 Å². The first-order valence-corrected chi connectivity index (χ1v) is 5.29. The molecule has 1 saturated carbocycles. The molecule has 0 aromatic rings. The van der Waals surface area contributed by atoms with E-state index in [1.165, 1.54) is 12.8 Å². The van der Waals surface area contributed by atoms with E-state index in [0.29, 0.717) is 18.4 Å². The van der Waals surface area contributed by atoms with Gasteiger partial charge in [0.15, 0.2) is 6.61 Å². The van der Waals surface area contributed by atoms with Crippen molar-refractivity contribution in [1.82, 2.24) is 0 Å². The van der Waals surface area contributed by atoms with Crippen LogP contribution < -0.4 is 0 Å². The van der Waals surface area contributed by atoms with Gasteiger partial charge in [-0.3, -0.25) is 0 Å². The first-order chi connectivity index (χ1) is 6.79. The number of hydrogen-bond acceptors (Lipinski definition) is 1. The van der Waals surface area contributed by atoms with Crippen LogP contribution in [-0.2, 0) is 4.74 Å². The van der Waals surface area contributed by atoms with Crippen molar-refractivity contribution in [3.05, 3.63) is 24.3 Å². The summed E-state index contributed by atoms with van der Waals surface area (Å²) in [5, 5.41) is 0. The third-order valence-electron chi connectivity index (χ3n) is 3.17. The van der Waals surface area contributed by atoms with Crippen molar-refractivity contribution in [1.29, 1.82) is 0 Å². The zero-order chi connectivity index (χ0) is 9.97. The van der Waals surface area contributed by atoms with E-state index >= 15 is 0 Å². The molecule has 76 valence electrons. The molecule has 0 aliphatic heterocycles. The molecule has 1 N–H and O–H groups in total. The van der Waals surface area contributed by atoms with Crippen LogP contribution in [0.3, 0.4) is 0 Å². The molecule has 2 rings (SSSR count). The van der Waals surface area contributed by atoms with Crippen LogP contribution in [0.5, 0.6) is 0 Å². The second kappa shape index (κ2) is 3.99. The maximum absolute atomic E-state index is 9.27. The molecule has 0 heterocycles. The molecule has 14 heavy (non-hydrogen) atoms. The van der Waals surface area contributed by atoms with E-state index in [1.54, 1.807) is 12.2 Å². The van der Waals surface area contributed by atoms with Gasteiger partial charge < -0.3 is 9.53 Å². The van der Waals surface area contributed by atoms with E-state index in [9.17, 15) is 4.79 Å². The van der Waals surface area contributed by atoms with Crippen molar-refractivity contribution in [3.63, 3.8) is 0 Å². The van der Waals surface area contributed by atoms with Crippen molar-refractivity contribution < 1.29 is 9.53 Å². The molecule has 1 fully saturated rings. The number of hydrogen-bond donors (Lipinski definition) is 0. The minimum atomic E-state index is 0.0410. The van der Waals surface area contributed by atoms with Gasteiger partial charge in [-0.25, -0.2) is 0 Å². The summed E-state index contributed by atoms with van der Waals surface area (Å²) < 4.78 is 5.27. The summed E-state index contributed by atoms with van der Waals surface area (Å²) in [7, 11) is 0. The van der Waals surface area contributed by atoms with Crippen molar-refractivity contribution in [2.45, 2.75) is 19.8 Å². The highest BCUT2D eigenvalue weighted by Crippen LogP contribution is 2.43. The van der Waals surface area contributed by atoms with Gasteiger partial charge >= 0.3 is 5.97 Å². The second-order valence-corrected chi connectivity index (χ2v) is 4.19. The fourth-order valence-electron chi connectivity index (χ4n) is 2.47. The zero-order valence-corrected chi connectivity index (χ0v) is 8.52. The highest BCUT2D eigenvalue weighted by atomic mass is 16.5. The van der Waals surface area contributed by atoms with Crippen molar-refractivity contribution in [3.8, 4) is 0 Å². The van der Waals surface area contributed by atoms with Crippen LogP contribution in [0.1, 0.15) is 19.8 Å². The lowest BCUT2D eigenvalue weighted by molar-refractivity contribution is 0.202. The molecular formula is C12H17O2+. The summed E-state index contributed by atoms with van der Waals surface area (Å²) in [6.45, 7) is 2.52. The summed E-state index contributed by atoms with van der Waals surface area (Å²) in [6.07, 6.45) is 10.5. The van der Waals surface area contributed by atoms with Crippen LogP contribution in [0.4, 0.5) is 0 Å². The van der Waals surface area contributed by atoms with E-state index in [4.69, 9.17) is 4.74 Å². The van der Waals surface area contributed by atoms with Crippen LogP contribution in [0, 0.1) is 17.8 Å². The largest absolute Gasteiger partial charge is 0.509 e. The number of esters is 1. The Morgan fingerprint density at radius 3 is 2.93 bits per heavy atom. The van der Waals surface area contributed by atoms with Gasteiger partial charge in [-0.15, -0.1) is 0 Å². The molecule has 0 saturated heterocycles. The van der Waals surface area contributed by atoms with Gasteiger partial charge in [0.25, 0.3) is 0 Å². The monoisotopic (exact) mass is 193 g/mol. The Bertz CT molecular complexity index is 278. The standard InChI is InChI=1S/C12H16O2/c1-2-3-12(13)14-8-11-7-9-4-5-10(11)6-9/h2-5,9-11H,6-8H2,1H3/p+1/b3-2+. The molecule has 0 amide bonds. The average molecular weight is 193 g/mol. The normalized spacial score (nSPS) is 34.2. The number of fused-ring (bicyclic) bond motifs is 2. The molecule has 3 unspecified atom stereocenters. The van der Waals surface area contributed by atoms with E-state index in [-0.39, 0.29) is 5.97 Å². The minimum Gasteiger partial charge on any atom is -0.335 e. The number of ether oxygens (including phenoxy) is 1. The van der Waals surface area contributed by atoms with Crippen LogP contribution >= 0.6 is 0 Å². The highest BCUT2D eigenvalue weighted by molar-refractivity contribution is 5.82. The van der Waals surface area contributed by atoms with Gasteiger partial charge in [-0.2, -0.15) is 0 Å². The van der Waals surface area contributed by atoms with Crippen LogP contribution in [-0.4, -0.2) is 17.4 Å². The molecule has 2 nitrogen and oxygen atoms in total. The molecule has 0 radical (unpaired) electrons. The summed E-state index contributed by atoms with van der Waals surface area (Å²) in [4.78, 5) is 9.27. The van der Waals surface area contributed by atoms with Gasteiger partial charge in [0, 0.05) is 5.92 Å². The summed E-state index contributed by atoms with van der Waals surface area (Å²) in [6, 6.07) is 0. The Hall–Kier alpha value is -1.05. The van der Waals surface area contributed by atoms with E-state index in [0.717, 1.165) is 5.92 Å². The molecule has 0 aromatic carbocycles. The SMILES string of the molecule is C/C=C/C(=[OH+])OCC1CC2C=CC1C2. The van der Waals surface area contributed by atoms with Crippen molar-refractivity contribution in [2.75, 3.05) is 6.61 Å². The molecule has 3 atom stereocenters. The van der Waals surface area contributed by atoms with E-state index in [2.05, 4.69) is 12.2 Å². The number of allylic oxidation sites excluding steroid dienone is 3. The fraction of sp³-hybridized carbons (Fsp3) is 0.583. The van der Waals surface area contributed by atoms with E-state index < -0.39 is 0 Å². The lowest BCUT2D eigenvalue weighted by atomic mass is 9.95. The first-order valence-electron chi connectivity index (χ1n) is 5.29. The fourth-order valence-corrected chi connectivity index (χ4v) is 2.47. The predicted molar refractivity (Wildman–Crippen MR) is 56.6 cm³/mol. The van der Waals surface area contributed by atoms with Crippen LogP contribution in [0.15, 0.2) is 24.3 Å². The number of carbonyl (C=O) groups excluding carboxylic acids is 1. The Kier molecular flexibility index (Phi) is 2.71. The van der Waals surface area contributed by atoms with Gasteiger partial charge in [0.2, 0.25) is 0 Å². The zero-order valence-electron chi connectivity index (χ0n) is 8.52. The quantitative estimate of drug-likeness (QED) is 0.293. The average Bonchev–Trinajstić information content (AvgIpc) is 2.76. The lowest BCUT2D eigenvalue weighted by Crippen LogP contribution is -2.16. The summed E-state index contributed by atoms with van der Waals surface area (Å²) in [5.41, 5.74) is 0. The molecule has 0 aromatic heterocycles. The van der Waals surface area contributed by atoms with Crippen LogP contribution in [0.25, 0.3) is 0 Å². The molecule has 2 aliphatic carbocycles. The molecule has 2 aliphatic rings. The Morgan fingerprint density at radius 1 is 1.50 bits per heavy atom. The Balaban J connectivity index is 1.77. The summed E-state index contributed by atoms with van der Waals surface area (Å²) in [5.74, 6) is 2.12. The maximum Gasteiger partial charge on any atom is 0.509 e. The molecular weight excluding hydrogens is 176 g/mol. The Labute approximate surface area is 84.6 Å². The molecule has 2 heteroatoms. The summed E-state index contributed by atoms with van der Waals surface area (Å²) >= 11 is 0. The smallest absolute Gasteiger partial charge is 0.335 e. The minimum absolute atomic E-state index is 0.0410. The van der Waals surface area contributed by atoms with Gasteiger partial charge in [-0.05, 0) is 31.6 Å². The first kappa shape index (κ1) is 9.50. The number of rotatable bonds is 3. The third-order valence-corrected chi connectivity index (χ3v) is 3.17.